The molecule has 0 aromatic heterocycles. The maximum atomic E-state index is 13.0. The van der Waals surface area contributed by atoms with Crippen LogP contribution in [0.25, 0.3) is 10.8 Å². The molecule has 22 heavy (non-hydrogen) atoms. The first kappa shape index (κ1) is 13.1. The molecule has 0 saturated carbocycles. The summed E-state index contributed by atoms with van der Waals surface area (Å²) in [7, 11) is -3.72. The van der Waals surface area contributed by atoms with Gasteiger partial charge in [0.1, 0.15) is 0 Å². The normalized spacial score (nSPS) is 13.9. The molecule has 0 amide bonds. The zero-order valence-corrected chi connectivity index (χ0v) is 12.3. The number of anilines is 2. The SMILES string of the molecule is O=S(=O)(c1cccc2ccccc12)N1NNc2ccccc21. The fourth-order valence-electron chi connectivity index (χ4n) is 2.64. The van der Waals surface area contributed by atoms with Crippen molar-refractivity contribution in [2.45, 2.75) is 4.90 Å². The molecular weight excluding hydrogens is 298 g/mol. The van der Waals surface area contributed by atoms with E-state index in [1.807, 2.05) is 42.5 Å². The maximum absolute atomic E-state index is 13.0. The monoisotopic (exact) mass is 311 g/mol. The maximum Gasteiger partial charge on any atom is 0.279 e. The average Bonchev–Trinajstić information content (AvgIpc) is 2.99. The van der Waals surface area contributed by atoms with Crippen LogP contribution < -0.4 is 15.4 Å². The molecule has 0 bridgehead atoms. The lowest BCUT2D eigenvalue weighted by Gasteiger charge is -2.19. The van der Waals surface area contributed by atoms with Gasteiger partial charge in [0, 0.05) is 5.39 Å². The Morgan fingerprint density at radius 3 is 2.45 bits per heavy atom. The van der Waals surface area contributed by atoms with Gasteiger partial charge in [-0.2, -0.15) is 12.8 Å². The second-order valence-electron chi connectivity index (χ2n) is 5.00. The highest BCUT2D eigenvalue weighted by Crippen LogP contribution is 2.34. The number of benzene rings is 3. The Morgan fingerprint density at radius 1 is 0.818 bits per heavy atom. The lowest BCUT2D eigenvalue weighted by Crippen LogP contribution is -2.41. The van der Waals surface area contributed by atoms with Crippen LogP contribution in [0.5, 0.6) is 0 Å². The van der Waals surface area contributed by atoms with Crippen molar-refractivity contribution in [3.8, 4) is 0 Å². The van der Waals surface area contributed by atoms with Gasteiger partial charge in [0.05, 0.1) is 16.3 Å². The number of hydrogen-bond acceptors (Lipinski definition) is 4. The third-order valence-corrected chi connectivity index (χ3v) is 5.36. The highest BCUT2D eigenvalue weighted by molar-refractivity contribution is 7.93. The molecule has 1 aliphatic heterocycles. The molecule has 5 nitrogen and oxygen atoms in total. The molecule has 3 aromatic rings. The Labute approximate surface area is 128 Å². The number of sulfonamides is 1. The number of fused-ring (bicyclic) bond motifs is 2. The molecule has 3 aromatic carbocycles. The lowest BCUT2D eigenvalue weighted by atomic mass is 10.1. The van der Waals surface area contributed by atoms with Gasteiger partial charge in [-0.25, -0.2) is 0 Å². The van der Waals surface area contributed by atoms with Crippen LogP contribution >= 0.6 is 0 Å². The standard InChI is InChI=1S/C16H13N3O2S/c20-22(21,19-15-10-4-3-9-14(15)17-18-19)16-11-5-7-12-6-1-2-8-13(12)16/h1-11,17-18H. The van der Waals surface area contributed by atoms with E-state index >= 15 is 0 Å². The summed E-state index contributed by atoms with van der Waals surface area (Å²) < 4.78 is 27.2. The van der Waals surface area contributed by atoms with Gasteiger partial charge in [0.15, 0.2) is 0 Å². The minimum Gasteiger partial charge on any atom is -0.301 e. The number of para-hydroxylation sites is 2. The van der Waals surface area contributed by atoms with Crippen LogP contribution in [0.4, 0.5) is 11.4 Å². The van der Waals surface area contributed by atoms with Crippen molar-refractivity contribution in [1.82, 2.24) is 5.53 Å². The molecule has 1 heterocycles. The summed E-state index contributed by atoms with van der Waals surface area (Å²) in [5, 5.41) is 1.60. The minimum atomic E-state index is -3.72. The van der Waals surface area contributed by atoms with Crippen molar-refractivity contribution in [3.05, 3.63) is 66.7 Å². The summed E-state index contributed by atoms with van der Waals surface area (Å²) in [6.07, 6.45) is 0. The molecule has 1 aliphatic rings. The van der Waals surface area contributed by atoms with Gasteiger partial charge in [-0.1, -0.05) is 48.5 Å². The first-order valence-electron chi connectivity index (χ1n) is 6.82. The molecule has 0 atom stereocenters. The van der Waals surface area contributed by atoms with Crippen molar-refractivity contribution < 1.29 is 8.42 Å². The molecule has 4 rings (SSSR count). The molecule has 2 N–H and O–H groups in total. The van der Waals surface area contributed by atoms with Gasteiger partial charge in [0.2, 0.25) is 0 Å². The minimum absolute atomic E-state index is 0.275. The van der Waals surface area contributed by atoms with E-state index in [9.17, 15) is 8.42 Å². The summed E-state index contributed by atoms with van der Waals surface area (Å²) in [6, 6.07) is 20.0. The summed E-state index contributed by atoms with van der Waals surface area (Å²) in [5.41, 5.74) is 6.90. The summed E-state index contributed by atoms with van der Waals surface area (Å²) >= 11 is 0. The number of hydrazine groups is 2. The van der Waals surface area contributed by atoms with E-state index in [-0.39, 0.29) is 4.90 Å². The number of hydrogen-bond donors (Lipinski definition) is 2. The van der Waals surface area contributed by atoms with Gasteiger partial charge < -0.3 is 5.43 Å². The molecule has 6 heteroatoms. The fourth-order valence-corrected chi connectivity index (χ4v) is 4.13. The van der Waals surface area contributed by atoms with Crippen molar-refractivity contribution in [2.24, 2.45) is 0 Å². The summed E-state index contributed by atoms with van der Waals surface area (Å²) in [4.78, 5) is 0.275. The molecule has 110 valence electrons. The van der Waals surface area contributed by atoms with E-state index < -0.39 is 10.0 Å². The summed E-state index contributed by atoms with van der Waals surface area (Å²) in [5.74, 6) is 0. The van der Waals surface area contributed by atoms with Crippen molar-refractivity contribution in [3.63, 3.8) is 0 Å². The molecule has 0 spiro atoms. The summed E-state index contributed by atoms with van der Waals surface area (Å²) in [6.45, 7) is 0. The van der Waals surface area contributed by atoms with Gasteiger partial charge >= 0.3 is 0 Å². The predicted octanol–water partition coefficient (Wildman–Crippen LogP) is 2.88. The van der Waals surface area contributed by atoms with Crippen molar-refractivity contribution in [2.75, 3.05) is 9.84 Å². The Hall–Kier alpha value is -2.57. The number of rotatable bonds is 2. The topological polar surface area (TPSA) is 61.4 Å². The van der Waals surface area contributed by atoms with Crippen LogP contribution in [0.2, 0.25) is 0 Å². The van der Waals surface area contributed by atoms with Crippen molar-refractivity contribution >= 4 is 32.2 Å². The Kier molecular flexibility index (Phi) is 2.82. The van der Waals surface area contributed by atoms with E-state index in [1.54, 1.807) is 24.3 Å². The van der Waals surface area contributed by atoms with Crippen molar-refractivity contribution in [1.29, 1.82) is 0 Å². The van der Waals surface area contributed by atoms with Gasteiger partial charge in [-0.05, 0) is 23.6 Å². The largest absolute Gasteiger partial charge is 0.301 e. The van der Waals surface area contributed by atoms with Gasteiger partial charge in [-0.3, -0.25) is 0 Å². The van der Waals surface area contributed by atoms with E-state index in [2.05, 4.69) is 11.0 Å². The van der Waals surface area contributed by atoms with E-state index in [4.69, 9.17) is 0 Å². The Morgan fingerprint density at radius 2 is 1.55 bits per heavy atom. The third kappa shape index (κ3) is 1.85. The van der Waals surface area contributed by atoms with Crippen LogP contribution in [0.15, 0.2) is 71.6 Å². The Bertz CT molecular complexity index is 965. The van der Waals surface area contributed by atoms with E-state index in [0.29, 0.717) is 11.1 Å². The first-order valence-corrected chi connectivity index (χ1v) is 8.26. The average molecular weight is 311 g/mol. The van der Waals surface area contributed by atoms with Gasteiger partial charge in [0.25, 0.3) is 10.0 Å². The van der Waals surface area contributed by atoms with E-state index in [0.717, 1.165) is 11.1 Å². The molecule has 0 saturated heterocycles. The van der Waals surface area contributed by atoms with Crippen LogP contribution in [0.3, 0.4) is 0 Å². The lowest BCUT2D eigenvalue weighted by molar-refractivity contribution is 0.587. The molecule has 0 aliphatic carbocycles. The van der Waals surface area contributed by atoms with E-state index in [1.165, 1.54) is 4.41 Å². The quantitative estimate of drug-likeness (QED) is 0.764. The molecular formula is C16H13N3O2S. The highest BCUT2D eigenvalue weighted by atomic mass is 32.2. The predicted molar refractivity (Wildman–Crippen MR) is 86.8 cm³/mol. The third-order valence-electron chi connectivity index (χ3n) is 3.68. The first-order chi connectivity index (χ1) is 10.7. The molecule has 0 fully saturated rings. The molecule has 0 unspecified atom stereocenters. The fraction of sp³-hybridized carbons (Fsp3) is 0. The second kappa shape index (κ2) is 4.72. The smallest absolute Gasteiger partial charge is 0.279 e. The van der Waals surface area contributed by atoms with Crippen LogP contribution in [-0.2, 0) is 10.0 Å². The van der Waals surface area contributed by atoms with Gasteiger partial charge in [-0.15, -0.1) is 5.53 Å². The zero-order chi connectivity index (χ0) is 15.2. The number of nitrogens with zero attached hydrogens (tertiary/aromatic N) is 1. The second-order valence-corrected chi connectivity index (χ2v) is 6.76. The van der Waals surface area contributed by atoms with Crippen LogP contribution in [-0.4, -0.2) is 8.42 Å². The highest BCUT2D eigenvalue weighted by Gasteiger charge is 2.31. The Balaban J connectivity index is 1.92. The van der Waals surface area contributed by atoms with Crippen LogP contribution in [0, 0.1) is 0 Å². The van der Waals surface area contributed by atoms with Crippen LogP contribution in [0.1, 0.15) is 0 Å². The zero-order valence-electron chi connectivity index (χ0n) is 11.5. The molecule has 0 radical (unpaired) electrons. The number of nitrogens with one attached hydrogen (secondary N) is 2.